The lowest BCUT2D eigenvalue weighted by atomic mass is 9.82. The molecule has 0 spiro atoms. The fourth-order valence-electron chi connectivity index (χ4n) is 3.42. The van der Waals surface area contributed by atoms with E-state index in [1.165, 1.54) is 0 Å². The molecule has 14 N–H and O–H groups in total. The molecule has 0 bridgehead atoms. The second-order valence-electron chi connectivity index (χ2n) is 7.96. The van der Waals surface area contributed by atoms with Crippen LogP contribution in [0.1, 0.15) is 0 Å². The van der Waals surface area contributed by atoms with E-state index in [1.807, 2.05) is 0 Å². The molecule has 14 atom stereocenters. The molecule has 18 nitrogen and oxygen atoms in total. The van der Waals surface area contributed by atoms with Crippen LogP contribution in [0.25, 0.3) is 0 Å². The van der Waals surface area contributed by atoms with Gasteiger partial charge in [0.15, 0.2) is 36.6 Å². The van der Waals surface area contributed by atoms with Crippen LogP contribution in [0.2, 0.25) is 0 Å². The highest BCUT2D eigenvalue weighted by Gasteiger charge is 2.63. The lowest BCUT2D eigenvalue weighted by Crippen LogP contribution is -2.73. The number of aliphatic hydroxyl groups excluding tert-OH is 12. The van der Waals surface area contributed by atoms with Gasteiger partial charge in [0, 0.05) is 0 Å². The van der Waals surface area contributed by atoms with E-state index in [0.717, 1.165) is 0 Å². The number of carbonyl (C=O) groups is 2. The van der Waals surface area contributed by atoms with Gasteiger partial charge >= 0.3 is 11.9 Å². The Morgan fingerprint density at radius 1 is 0.500 bits per heavy atom. The number of esters is 2. The second-order valence-corrected chi connectivity index (χ2v) is 7.96. The molecular formula is C16H26O18. The summed E-state index contributed by atoms with van der Waals surface area (Å²) in [6.45, 7) is 0. The monoisotopic (exact) mass is 506 g/mol. The first-order chi connectivity index (χ1) is 15.4. The number of hydrogen-bond donors (Lipinski definition) is 14. The van der Waals surface area contributed by atoms with Crippen molar-refractivity contribution in [3.05, 3.63) is 0 Å². The van der Waals surface area contributed by atoms with Crippen molar-refractivity contribution in [3.63, 3.8) is 0 Å². The average molecular weight is 506 g/mol. The summed E-state index contributed by atoms with van der Waals surface area (Å²) < 4.78 is 8.45. The summed E-state index contributed by atoms with van der Waals surface area (Å²) in [5.74, 6) is -11.6. The third-order valence-electron chi connectivity index (χ3n) is 5.70. The van der Waals surface area contributed by atoms with E-state index in [4.69, 9.17) is 0 Å². The molecule has 198 valence electrons. The second kappa shape index (κ2) is 9.79. The molecule has 0 radical (unpaired) electrons. The third kappa shape index (κ3) is 4.50. The Kier molecular flexibility index (Phi) is 8.24. The molecule has 2 aliphatic carbocycles. The molecule has 18 heteroatoms. The van der Waals surface area contributed by atoms with Gasteiger partial charge in [0.2, 0.25) is 0 Å². The van der Waals surface area contributed by atoms with Crippen LogP contribution in [0.15, 0.2) is 0 Å². The predicted molar refractivity (Wildman–Crippen MR) is 94.2 cm³/mol. The number of hydrogen-bond acceptors (Lipinski definition) is 18. The molecule has 2 aliphatic rings. The van der Waals surface area contributed by atoms with E-state index in [1.54, 1.807) is 0 Å². The normalized spacial score (nSPS) is 49.1. The van der Waals surface area contributed by atoms with Crippen molar-refractivity contribution in [2.45, 2.75) is 84.8 Å². The van der Waals surface area contributed by atoms with Gasteiger partial charge in [-0.1, -0.05) is 0 Å². The van der Waals surface area contributed by atoms with Crippen molar-refractivity contribution in [1.29, 1.82) is 0 Å². The highest BCUT2D eigenvalue weighted by molar-refractivity contribution is 5.85. The van der Waals surface area contributed by atoms with Gasteiger partial charge in [-0.2, -0.15) is 0 Å². The molecule has 34 heavy (non-hydrogen) atoms. The maximum Gasteiger partial charge on any atom is 0.341 e. The van der Waals surface area contributed by atoms with Crippen molar-refractivity contribution in [2.75, 3.05) is 0 Å². The highest BCUT2D eigenvalue weighted by atomic mass is 16.7. The van der Waals surface area contributed by atoms with Gasteiger partial charge in [-0.25, -0.2) is 9.59 Å². The summed E-state index contributed by atoms with van der Waals surface area (Å²) in [6.07, 6.45) is -30.8. The topological polar surface area (TPSA) is 336 Å². The van der Waals surface area contributed by atoms with Gasteiger partial charge in [-0.3, -0.25) is 0 Å². The molecule has 0 saturated heterocycles. The first-order valence-electron chi connectivity index (χ1n) is 9.50. The average Bonchev–Trinajstić information content (AvgIpc) is 2.80. The van der Waals surface area contributed by atoms with Gasteiger partial charge in [0.05, 0.1) is 0 Å². The van der Waals surface area contributed by atoms with Crippen LogP contribution in [0.4, 0.5) is 0 Å². The predicted octanol–water partition coefficient (Wildman–Crippen LogP) is -10.2. The van der Waals surface area contributed by atoms with Crippen molar-refractivity contribution in [2.24, 2.45) is 0 Å². The molecule has 0 aromatic rings. The molecular weight excluding hydrogens is 480 g/mol. The zero-order valence-electron chi connectivity index (χ0n) is 16.8. The van der Waals surface area contributed by atoms with E-state index in [-0.39, 0.29) is 0 Å². The Bertz CT molecular complexity index is 666. The molecule has 0 aromatic carbocycles. The smallest absolute Gasteiger partial charge is 0.341 e. The Morgan fingerprint density at radius 3 is 0.912 bits per heavy atom. The zero-order chi connectivity index (χ0) is 26.5. The fraction of sp³-hybridized carbons (Fsp3) is 0.875. The molecule has 0 aliphatic heterocycles. The summed E-state index contributed by atoms with van der Waals surface area (Å²) in [5, 5.41) is 137. The molecule has 2 unspecified atom stereocenters. The Hall–Kier alpha value is -1.62. The quantitative estimate of drug-likeness (QED) is 0.121. The third-order valence-corrected chi connectivity index (χ3v) is 5.70. The van der Waals surface area contributed by atoms with E-state index >= 15 is 0 Å². The Balaban J connectivity index is 2.16. The SMILES string of the molecule is O=C(O[C@]1(O)[C@H](O)[C@H](O)[C@@H](O)[C@H](O)[C@H]1O)C(O)C(O)C(=O)O[C@]1(O)[C@H](O)[C@H](O)[C@@H](O)[C@H](O)[C@H]1O. The van der Waals surface area contributed by atoms with Crippen LogP contribution >= 0.6 is 0 Å². The van der Waals surface area contributed by atoms with Crippen LogP contribution in [0, 0.1) is 0 Å². The van der Waals surface area contributed by atoms with Crippen molar-refractivity contribution in [1.82, 2.24) is 0 Å². The number of carbonyl (C=O) groups excluding carboxylic acids is 2. The van der Waals surface area contributed by atoms with E-state index < -0.39 is 96.8 Å². The van der Waals surface area contributed by atoms with E-state index in [0.29, 0.717) is 0 Å². The van der Waals surface area contributed by atoms with Crippen LogP contribution in [-0.2, 0) is 19.1 Å². The minimum Gasteiger partial charge on any atom is -0.425 e. The summed E-state index contributed by atoms with van der Waals surface area (Å²) in [4.78, 5) is 24.1. The number of aliphatic hydroxyl groups is 14. The first-order valence-corrected chi connectivity index (χ1v) is 9.50. The van der Waals surface area contributed by atoms with Gasteiger partial charge in [0.25, 0.3) is 11.6 Å². The van der Waals surface area contributed by atoms with Crippen molar-refractivity contribution >= 4 is 11.9 Å². The van der Waals surface area contributed by atoms with Gasteiger partial charge in [-0.15, -0.1) is 0 Å². The van der Waals surface area contributed by atoms with Gasteiger partial charge in [0.1, 0.15) is 36.6 Å². The van der Waals surface area contributed by atoms with Gasteiger partial charge in [-0.05, 0) is 0 Å². The molecule has 0 aromatic heterocycles. The largest absolute Gasteiger partial charge is 0.425 e. The van der Waals surface area contributed by atoms with Crippen LogP contribution in [-0.4, -0.2) is 168 Å². The molecule has 0 amide bonds. The highest BCUT2D eigenvalue weighted by Crippen LogP contribution is 2.33. The molecule has 2 saturated carbocycles. The summed E-state index contributed by atoms with van der Waals surface area (Å²) in [7, 11) is 0. The van der Waals surface area contributed by atoms with Gasteiger partial charge < -0.3 is 81.0 Å². The first kappa shape index (κ1) is 28.6. The van der Waals surface area contributed by atoms with Crippen LogP contribution in [0.3, 0.4) is 0 Å². The number of rotatable bonds is 5. The summed E-state index contributed by atoms with van der Waals surface area (Å²) >= 11 is 0. The fourth-order valence-corrected chi connectivity index (χ4v) is 3.42. The zero-order valence-corrected chi connectivity index (χ0v) is 16.8. The lowest BCUT2D eigenvalue weighted by molar-refractivity contribution is -0.353. The maximum atomic E-state index is 12.1. The molecule has 2 fully saturated rings. The summed E-state index contributed by atoms with van der Waals surface area (Å²) in [5.41, 5.74) is 0. The van der Waals surface area contributed by atoms with E-state index in [2.05, 4.69) is 9.47 Å². The number of ether oxygens (including phenoxy) is 2. The summed E-state index contributed by atoms with van der Waals surface area (Å²) in [6, 6.07) is 0. The maximum absolute atomic E-state index is 12.1. The van der Waals surface area contributed by atoms with E-state index in [9.17, 15) is 81.1 Å². The molecule has 0 heterocycles. The van der Waals surface area contributed by atoms with Crippen LogP contribution < -0.4 is 0 Å². The minimum absolute atomic E-state index is 2.20. The lowest BCUT2D eigenvalue weighted by Gasteiger charge is -2.47. The molecule has 2 rings (SSSR count). The Labute approximate surface area is 188 Å². The standard InChI is InChI=1S/C16H26O18/c17-1-3(19)9(25)15(31,10(26)4(1)20)33-13(29)7(23)8(24)14(30)34-16(32)11(27)5(21)2(18)6(22)12(16)28/h1-12,17-28,31-32H/t1-,2-,3-,4+,5-,6+,7?,8?,9-,10-,11-,12-,15-,16-/m1/s1. The Morgan fingerprint density at radius 2 is 0.706 bits per heavy atom. The van der Waals surface area contributed by atoms with Crippen molar-refractivity contribution in [3.8, 4) is 0 Å². The van der Waals surface area contributed by atoms with Crippen molar-refractivity contribution < 1.29 is 90.6 Å². The van der Waals surface area contributed by atoms with Crippen LogP contribution in [0.5, 0.6) is 0 Å². The minimum atomic E-state index is -3.59.